The Morgan fingerprint density at radius 3 is 2.75 bits per heavy atom. The number of aromatic nitrogens is 1. The summed E-state index contributed by atoms with van der Waals surface area (Å²) in [6, 6.07) is 3.72. The van der Waals surface area contributed by atoms with E-state index >= 15 is 0 Å². The zero-order chi connectivity index (χ0) is 14.8. The molecule has 0 spiro atoms. The third-order valence-electron chi connectivity index (χ3n) is 3.16. The second kappa shape index (κ2) is 5.88. The first-order chi connectivity index (χ1) is 9.35. The van der Waals surface area contributed by atoms with Gasteiger partial charge in [0.05, 0.1) is 24.5 Å². The number of amides is 1. The van der Waals surface area contributed by atoms with E-state index in [1.165, 1.54) is 0 Å². The van der Waals surface area contributed by atoms with Gasteiger partial charge >= 0.3 is 0 Å². The lowest BCUT2D eigenvalue weighted by Crippen LogP contribution is -2.39. The molecular weight excluding hydrogens is 278 g/mol. The van der Waals surface area contributed by atoms with Gasteiger partial charge in [-0.2, -0.15) is 0 Å². The largest absolute Gasteiger partial charge is 0.346 e. The van der Waals surface area contributed by atoms with Gasteiger partial charge in [0.1, 0.15) is 0 Å². The zero-order valence-electron chi connectivity index (χ0n) is 11.6. The first kappa shape index (κ1) is 14.9. The van der Waals surface area contributed by atoms with Crippen LogP contribution in [0.1, 0.15) is 30.1 Å². The molecular formula is C13H19N3O3S. The van der Waals surface area contributed by atoms with Crippen LogP contribution in [-0.4, -0.2) is 32.1 Å². The topological polar surface area (TPSA) is 88.2 Å². The van der Waals surface area contributed by atoms with Crippen LogP contribution >= 0.6 is 0 Å². The molecule has 1 aromatic rings. The minimum absolute atomic E-state index is 0.135. The van der Waals surface area contributed by atoms with Crippen molar-refractivity contribution < 1.29 is 13.2 Å². The van der Waals surface area contributed by atoms with Crippen LogP contribution in [-0.2, 0) is 14.8 Å². The molecule has 0 unspecified atom stereocenters. The number of carbonyl (C=O) groups is 1. The van der Waals surface area contributed by atoms with Gasteiger partial charge < -0.3 is 5.32 Å². The Kier molecular flexibility index (Phi) is 4.39. The normalized spacial score (nSPS) is 16.7. The first-order valence-corrected chi connectivity index (χ1v) is 8.41. The van der Waals surface area contributed by atoms with Crippen LogP contribution in [0.2, 0.25) is 0 Å². The highest BCUT2D eigenvalue weighted by atomic mass is 32.2. The number of nitrogens with zero attached hydrogens (tertiary/aromatic N) is 1. The molecule has 7 heteroatoms. The van der Waals surface area contributed by atoms with Crippen LogP contribution in [0.4, 0.5) is 0 Å². The van der Waals surface area contributed by atoms with E-state index < -0.39 is 10.0 Å². The second-order valence-electron chi connectivity index (χ2n) is 5.23. The molecule has 2 N–H and O–H groups in total. The maximum Gasteiger partial charge on any atom is 0.235 e. The highest BCUT2D eigenvalue weighted by molar-refractivity contribution is 7.88. The van der Waals surface area contributed by atoms with Crippen molar-refractivity contribution in [2.24, 2.45) is 5.92 Å². The minimum Gasteiger partial charge on any atom is -0.346 e. The highest BCUT2D eigenvalue weighted by Crippen LogP contribution is 2.40. The van der Waals surface area contributed by atoms with Crippen LogP contribution in [0.25, 0.3) is 0 Å². The molecule has 1 atom stereocenters. The molecule has 2 rings (SSSR count). The van der Waals surface area contributed by atoms with E-state index in [1.807, 2.05) is 19.1 Å². The van der Waals surface area contributed by atoms with Crippen molar-refractivity contribution in [3.8, 4) is 0 Å². The fourth-order valence-electron chi connectivity index (χ4n) is 2.01. The van der Waals surface area contributed by atoms with Crippen molar-refractivity contribution >= 4 is 15.9 Å². The summed E-state index contributed by atoms with van der Waals surface area (Å²) in [5.41, 5.74) is 1.92. The lowest BCUT2D eigenvalue weighted by Gasteiger charge is -2.18. The van der Waals surface area contributed by atoms with Crippen LogP contribution in [0.3, 0.4) is 0 Å². The molecule has 1 fully saturated rings. The number of nitrogens with one attached hydrogen (secondary N) is 2. The average molecular weight is 297 g/mol. The Bertz CT molecular complexity index is 597. The van der Waals surface area contributed by atoms with Crippen molar-refractivity contribution in [3.63, 3.8) is 0 Å². The summed E-state index contributed by atoms with van der Waals surface area (Å²) in [6.07, 6.45) is 4.86. The third kappa shape index (κ3) is 4.57. The van der Waals surface area contributed by atoms with Gasteiger partial charge in [-0.1, -0.05) is 0 Å². The van der Waals surface area contributed by atoms with Gasteiger partial charge in [0.2, 0.25) is 15.9 Å². The van der Waals surface area contributed by atoms with Crippen molar-refractivity contribution in [2.75, 3.05) is 12.8 Å². The summed E-state index contributed by atoms with van der Waals surface area (Å²) in [6.45, 7) is 1.73. The van der Waals surface area contributed by atoms with Gasteiger partial charge in [-0.15, -0.1) is 0 Å². The van der Waals surface area contributed by atoms with Crippen LogP contribution in [0, 0.1) is 12.8 Å². The average Bonchev–Trinajstić information content (AvgIpc) is 3.17. The molecule has 1 heterocycles. The Morgan fingerprint density at radius 1 is 1.50 bits per heavy atom. The molecule has 1 aliphatic carbocycles. The maximum absolute atomic E-state index is 11.8. The van der Waals surface area contributed by atoms with E-state index in [0.29, 0.717) is 5.92 Å². The molecule has 0 aliphatic heterocycles. The van der Waals surface area contributed by atoms with Gasteiger partial charge in [-0.3, -0.25) is 9.78 Å². The number of hydrogen-bond donors (Lipinski definition) is 2. The molecule has 1 saturated carbocycles. The van der Waals surface area contributed by atoms with Gasteiger partial charge in [0.25, 0.3) is 0 Å². The van der Waals surface area contributed by atoms with E-state index in [9.17, 15) is 13.2 Å². The van der Waals surface area contributed by atoms with Gasteiger partial charge in [-0.25, -0.2) is 13.1 Å². The fraction of sp³-hybridized carbons (Fsp3) is 0.538. The Hall–Kier alpha value is -1.47. The number of aryl methyl sites for hydroxylation is 1. The number of sulfonamides is 1. The summed E-state index contributed by atoms with van der Waals surface area (Å²) in [5.74, 6) is 0.0575. The molecule has 1 aliphatic rings. The van der Waals surface area contributed by atoms with E-state index in [1.54, 1.807) is 6.20 Å². The summed E-state index contributed by atoms with van der Waals surface area (Å²) in [7, 11) is -3.36. The lowest BCUT2D eigenvalue weighted by atomic mass is 10.1. The van der Waals surface area contributed by atoms with E-state index in [0.717, 1.165) is 30.4 Å². The van der Waals surface area contributed by atoms with Crippen molar-refractivity contribution in [2.45, 2.75) is 25.8 Å². The van der Waals surface area contributed by atoms with Crippen LogP contribution in [0.15, 0.2) is 18.3 Å². The van der Waals surface area contributed by atoms with Crippen molar-refractivity contribution in [1.29, 1.82) is 0 Å². The molecule has 1 amide bonds. The second-order valence-corrected chi connectivity index (χ2v) is 7.07. The molecule has 110 valence electrons. The quantitative estimate of drug-likeness (QED) is 0.800. The Labute approximate surface area is 119 Å². The maximum atomic E-state index is 11.8. The number of rotatable bonds is 6. The summed E-state index contributed by atoms with van der Waals surface area (Å²) >= 11 is 0. The SMILES string of the molecule is Cc1ccnc([C@@H](NC(=O)CNS(C)(=O)=O)C2CC2)c1. The zero-order valence-corrected chi connectivity index (χ0v) is 12.4. The molecule has 0 aromatic carbocycles. The van der Waals surface area contributed by atoms with E-state index in [-0.39, 0.29) is 18.5 Å². The van der Waals surface area contributed by atoms with Gasteiger partial charge in [0.15, 0.2) is 0 Å². The third-order valence-corrected chi connectivity index (χ3v) is 3.83. The number of pyridine rings is 1. The van der Waals surface area contributed by atoms with Gasteiger partial charge in [0, 0.05) is 6.20 Å². The first-order valence-electron chi connectivity index (χ1n) is 6.52. The lowest BCUT2D eigenvalue weighted by molar-refractivity contribution is -0.120. The Morgan fingerprint density at radius 2 is 2.20 bits per heavy atom. The van der Waals surface area contributed by atoms with E-state index in [4.69, 9.17) is 0 Å². The molecule has 0 bridgehead atoms. The summed E-state index contributed by atoms with van der Waals surface area (Å²) < 4.78 is 24.1. The summed E-state index contributed by atoms with van der Waals surface area (Å²) in [4.78, 5) is 16.1. The van der Waals surface area contributed by atoms with Crippen molar-refractivity contribution in [1.82, 2.24) is 15.0 Å². The predicted molar refractivity (Wildman–Crippen MR) is 75.4 cm³/mol. The Balaban J connectivity index is 2.01. The fourth-order valence-corrected chi connectivity index (χ4v) is 2.41. The standard InChI is InChI=1S/C13H19N3O3S/c1-9-5-6-14-11(7-9)13(10-3-4-10)16-12(17)8-15-20(2,18)19/h5-7,10,13,15H,3-4,8H2,1-2H3,(H,16,17)/t13-/m0/s1. The van der Waals surface area contributed by atoms with Crippen LogP contribution in [0.5, 0.6) is 0 Å². The smallest absolute Gasteiger partial charge is 0.235 e. The monoisotopic (exact) mass is 297 g/mol. The predicted octanol–water partition coefficient (Wildman–Crippen LogP) is 0.507. The van der Waals surface area contributed by atoms with E-state index in [2.05, 4.69) is 15.0 Å². The molecule has 0 radical (unpaired) electrons. The number of hydrogen-bond acceptors (Lipinski definition) is 4. The van der Waals surface area contributed by atoms with Gasteiger partial charge in [-0.05, 0) is 43.4 Å². The number of carbonyl (C=O) groups excluding carboxylic acids is 1. The molecule has 0 saturated heterocycles. The summed E-state index contributed by atoms with van der Waals surface area (Å²) in [5, 5.41) is 2.87. The molecule has 6 nitrogen and oxygen atoms in total. The highest BCUT2D eigenvalue weighted by Gasteiger charge is 2.34. The van der Waals surface area contributed by atoms with Crippen molar-refractivity contribution in [3.05, 3.63) is 29.6 Å². The molecule has 1 aromatic heterocycles. The molecule has 20 heavy (non-hydrogen) atoms. The minimum atomic E-state index is -3.36. The van der Waals surface area contributed by atoms with Crippen LogP contribution < -0.4 is 10.0 Å².